The fourth-order valence-electron chi connectivity index (χ4n) is 4.62. The summed E-state index contributed by atoms with van der Waals surface area (Å²) in [5.74, 6) is 0.664. The molecule has 2 aliphatic heterocycles. The highest BCUT2D eigenvalue weighted by atomic mass is 16.2. The Morgan fingerprint density at radius 2 is 1.92 bits per heavy atom. The second-order valence-electron chi connectivity index (χ2n) is 7.53. The first-order chi connectivity index (χ1) is 12.2. The smallest absolute Gasteiger partial charge is 0.317 e. The van der Waals surface area contributed by atoms with E-state index in [-0.39, 0.29) is 18.0 Å². The number of nitrogens with one attached hydrogen (secondary N) is 1. The molecule has 2 fully saturated rings. The van der Waals surface area contributed by atoms with Crippen LogP contribution >= 0.6 is 0 Å². The molecule has 5 heteroatoms. The number of rotatable bonds is 3. The average molecular weight is 341 g/mol. The number of hydrogen-bond donors (Lipinski definition) is 1. The summed E-state index contributed by atoms with van der Waals surface area (Å²) in [5, 5.41) is 2.93. The molecule has 0 radical (unpaired) electrons. The molecular weight excluding hydrogens is 314 g/mol. The SMILES string of the molecule is O=C(CC1CCc2ccccc21)N1CCC(N2CCCNC2=O)CC1. The number of urea groups is 1. The van der Waals surface area contributed by atoms with Crippen molar-refractivity contribution in [3.8, 4) is 0 Å². The molecule has 1 N–H and O–H groups in total. The third-order valence-corrected chi connectivity index (χ3v) is 6.05. The van der Waals surface area contributed by atoms with Gasteiger partial charge < -0.3 is 15.1 Å². The first-order valence-corrected chi connectivity index (χ1v) is 9.62. The van der Waals surface area contributed by atoms with Gasteiger partial charge in [0.05, 0.1) is 0 Å². The van der Waals surface area contributed by atoms with E-state index in [0.717, 1.165) is 58.3 Å². The lowest BCUT2D eigenvalue weighted by molar-refractivity contribution is -0.133. The van der Waals surface area contributed by atoms with Crippen molar-refractivity contribution < 1.29 is 9.59 Å². The molecule has 1 atom stereocenters. The van der Waals surface area contributed by atoms with Crippen LogP contribution in [-0.2, 0) is 11.2 Å². The fourth-order valence-corrected chi connectivity index (χ4v) is 4.62. The summed E-state index contributed by atoms with van der Waals surface area (Å²) >= 11 is 0. The third-order valence-electron chi connectivity index (χ3n) is 6.05. The van der Waals surface area contributed by atoms with Crippen LogP contribution in [0.4, 0.5) is 4.79 Å². The Hall–Kier alpha value is -2.04. The number of likely N-dealkylation sites (tertiary alicyclic amines) is 1. The fraction of sp³-hybridized carbons (Fsp3) is 0.600. The van der Waals surface area contributed by atoms with Gasteiger partial charge in [0.15, 0.2) is 0 Å². The van der Waals surface area contributed by atoms with Crippen LogP contribution in [0, 0.1) is 0 Å². The molecule has 0 aromatic heterocycles. The largest absolute Gasteiger partial charge is 0.343 e. The average Bonchev–Trinajstić information content (AvgIpc) is 3.05. The highest BCUT2D eigenvalue weighted by Gasteiger charge is 2.32. The standard InChI is InChI=1S/C20H27N3O2/c24-19(14-16-7-6-15-4-1-2-5-18(15)16)22-12-8-17(9-13-22)23-11-3-10-21-20(23)25/h1-2,4-5,16-17H,3,6-14H2,(H,21,25). The number of carbonyl (C=O) groups is 2. The van der Waals surface area contributed by atoms with E-state index >= 15 is 0 Å². The van der Waals surface area contributed by atoms with Gasteiger partial charge in [0.2, 0.25) is 5.91 Å². The van der Waals surface area contributed by atoms with Crippen LogP contribution in [0.2, 0.25) is 0 Å². The van der Waals surface area contributed by atoms with Gasteiger partial charge in [-0.05, 0) is 49.1 Å². The van der Waals surface area contributed by atoms with E-state index in [4.69, 9.17) is 0 Å². The Bertz CT molecular complexity index is 652. The van der Waals surface area contributed by atoms with Crippen molar-refractivity contribution in [2.75, 3.05) is 26.2 Å². The summed E-state index contributed by atoms with van der Waals surface area (Å²) in [6.45, 7) is 3.20. The summed E-state index contributed by atoms with van der Waals surface area (Å²) in [5.41, 5.74) is 2.78. The number of amides is 3. The van der Waals surface area contributed by atoms with Crippen LogP contribution in [0.15, 0.2) is 24.3 Å². The minimum atomic E-state index is 0.0681. The van der Waals surface area contributed by atoms with Gasteiger partial charge in [-0.3, -0.25) is 4.79 Å². The molecule has 3 amide bonds. The van der Waals surface area contributed by atoms with Crippen LogP contribution in [0.25, 0.3) is 0 Å². The Kier molecular flexibility index (Phi) is 4.64. The van der Waals surface area contributed by atoms with Crippen molar-refractivity contribution >= 4 is 11.9 Å². The van der Waals surface area contributed by atoms with Crippen LogP contribution in [0.1, 0.15) is 49.1 Å². The number of fused-ring (bicyclic) bond motifs is 1. The van der Waals surface area contributed by atoms with Crippen LogP contribution in [0.5, 0.6) is 0 Å². The van der Waals surface area contributed by atoms with Gasteiger partial charge in [0, 0.05) is 38.6 Å². The van der Waals surface area contributed by atoms with E-state index < -0.39 is 0 Å². The number of carbonyl (C=O) groups excluding carboxylic acids is 2. The Morgan fingerprint density at radius 1 is 1.12 bits per heavy atom. The molecule has 2 saturated heterocycles. The van der Waals surface area contributed by atoms with Crippen molar-refractivity contribution in [1.82, 2.24) is 15.1 Å². The molecule has 4 rings (SSSR count). The maximum atomic E-state index is 12.7. The van der Waals surface area contributed by atoms with Gasteiger partial charge in [-0.1, -0.05) is 24.3 Å². The maximum absolute atomic E-state index is 12.7. The van der Waals surface area contributed by atoms with Gasteiger partial charge >= 0.3 is 6.03 Å². The minimum absolute atomic E-state index is 0.0681. The molecule has 5 nitrogen and oxygen atoms in total. The summed E-state index contributed by atoms with van der Waals surface area (Å²) < 4.78 is 0. The topological polar surface area (TPSA) is 52.7 Å². The van der Waals surface area contributed by atoms with E-state index in [9.17, 15) is 9.59 Å². The number of aryl methyl sites for hydroxylation is 1. The highest BCUT2D eigenvalue weighted by molar-refractivity contribution is 5.78. The zero-order valence-corrected chi connectivity index (χ0v) is 14.7. The Balaban J connectivity index is 1.31. The molecule has 0 bridgehead atoms. The lowest BCUT2D eigenvalue weighted by Crippen LogP contribution is -2.54. The molecule has 1 aromatic rings. The Morgan fingerprint density at radius 3 is 2.72 bits per heavy atom. The number of hydrogen-bond acceptors (Lipinski definition) is 2. The van der Waals surface area contributed by atoms with E-state index in [1.54, 1.807) is 0 Å². The molecule has 2 heterocycles. The molecule has 25 heavy (non-hydrogen) atoms. The predicted molar refractivity (Wildman–Crippen MR) is 96.4 cm³/mol. The van der Waals surface area contributed by atoms with Gasteiger partial charge in [-0.25, -0.2) is 4.79 Å². The molecule has 0 spiro atoms. The molecule has 134 valence electrons. The quantitative estimate of drug-likeness (QED) is 0.918. The van der Waals surface area contributed by atoms with Crippen LogP contribution in [0.3, 0.4) is 0 Å². The summed E-state index contributed by atoms with van der Waals surface area (Å²) in [7, 11) is 0. The molecule has 3 aliphatic rings. The summed E-state index contributed by atoms with van der Waals surface area (Å²) in [4.78, 5) is 28.7. The van der Waals surface area contributed by atoms with Crippen LogP contribution < -0.4 is 5.32 Å². The van der Waals surface area contributed by atoms with Crippen molar-refractivity contribution in [3.05, 3.63) is 35.4 Å². The molecule has 1 aliphatic carbocycles. The van der Waals surface area contributed by atoms with E-state index in [0.29, 0.717) is 12.3 Å². The second kappa shape index (κ2) is 7.06. The first-order valence-electron chi connectivity index (χ1n) is 9.62. The van der Waals surface area contributed by atoms with Gasteiger partial charge in [0.25, 0.3) is 0 Å². The van der Waals surface area contributed by atoms with Crippen molar-refractivity contribution in [1.29, 1.82) is 0 Å². The van der Waals surface area contributed by atoms with Gasteiger partial charge in [0.1, 0.15) is 0 Å². The molecule has 1 aromatic carbocycles. The van der Waals surface area contributed by atoms with Crippen molar-refractivity contribution in [3.63, 3.8) is 0 Å². The first kappa shape index (κ1) is 16.4. The van der Waals surface area contributed by atoms with E-state index in [1.807, 2.05) is 9.80 Å². The maximum Gasteiger partial charge on any atom is 0.317 e. The van der Waals surface area contributed by atoms with E-state index in [1.165, 1.54) is 11.1 Å². The predicted octanol–water partition coefficient (Wildman–Crippen LogP) is 2.51. The number of piperidine rings is 1. The normalized spacial score (nSPS) is 24.2. The van der Waals surface area contributed by atoms with Gasteiger partial charge in [-0.15, -0.1) is 0 Å². The monoisotopic (exact) mass is 341 g/mol. The molecule has 1 unspecified atom stereocenters. The van der Waals surface area contributed by atoms with Crippen molar-refractivity contribution in [2.45, 2.75) is 50.5 Å². The Labute approximate surface area is 149 Å². The lowest BCUT2D eigenvalue weighted by atomic mass is 9.96. The van der Waals surface area contributed by atoms with Gasteiger partial charge in [-0.2, -0.15) is 0 Å². The summed E-state index contributed by atoms with van der Waals surface area (Å²) in [6.07, 6.45) is 5.65. The number of benzene rings is 1. The van der Waals surface area contributed by atoms with E-state index in [2.05, 4.69) is 29.6 Å². The summed E-state index contributed by atoms with van der Waals surface area (Å²) in [6, 6.07) is 8.90. The second-order valence-corrected chi connectivity index (χ2v) is 7.53. The minimum Gasteiger partial charge on any atom is -0.343 e. The molecular formula is C20H27N3O2. The lowest BCUT2D eigenvalue weighted by Gasteiger charge is -2.40. The highest BCUT2D eigenvalue weighted by Crippen LogP contribution is 2.35. The zero-order chi connectivity index (χ0) is 17.2. The van der Waals surface area contributed by atoms with Crippen LogP contribution in [-0.4, -0.2) is 54.0 Å². The van der Waals surface area contributed by atoms with Crippen molar-refractivity contribution in [2.24, 2.45) is 0 Å². The zero-order valence-electron chi connectivity index (χ0n) is 14.7. The number of nitrogens with zero attached hydrogens (tertiary/aromatic N) is 2. The molecule has 0 saturated carbocycles. The third kappa shape index (κ3) is 3.37.